The number of carboxylic acids is 1. The van der Waals surface area contributed by atoms with Crippen LogP contribution in [0.3, 0.4) is 0 Å². The van der Waals surface area contributed by atoms with Crippen LogP contribution in [0.4, 0.5) is 5.13 Å². The maximum atomic E-state index is 10.7. The molecule has 0 aromatic carbocycles. The molecule has 0 spiro atoms. The molecule has 2 rings (SSSR count). The number of aromatic nitrogens is 1. The molecule has 1 fully saturated rings. The summed E-state index contributed by atoms with van der Waals surface area (Å²) in [6.07, 6.45) is 6.57. The smallest absolute Gasteiger partial charge is 0.326 e. The molecule has 1 heterocycles. The topological polar surface area (TPSA) is 88.2 Å². The molecule has 0 aliphatic heterocycles. The molecule has 18 heavy (non-hydrogen) atoms. The molecule has 6 heteroatoms. The number of nitrogens with zero attached hydrogens (tertiary/aromatic N) is 1. The van der Waals surface area contributed by atoms with Crippen molar-refractivity contribution >= 4 is 22.4 Å². The van der Waals surface area contributed by atoms with Gasteiger partial charge >= 0.3 is 5.97 Å². The zero-order valence-corrected chi connectivity index (χ0v) is 11.1. The predicted molar refractivity (Wildman–Crippen MR) is 71.7 cm³/mol. The molecule has 0 saturated heterocycles. The Balaban J connectivity index is 1.77. The van der Waals surface area contributed by atoms with Crippen molar-refractivity contribution in [2.24, 2.45) is 11.7 Å². The first-order valence-electron chi connectivity index (χ1n) is 6.34. The molecule has 0 radical (unpaired) electrons. The first-order valence-corrected chi connectivity index (χ1v) is 7.22. The number of anilines is 1. The minimum atomic E-state index is -1.04. The summed E-state index contributed by atoms with van der Waals surface area (Å²) in [6, 6.07) is -1.02. The van der Waals surface area contributed by atoms with Crippen LogP contribution >= 0.6 is 11.3 Å². The molecule has 1 aliphatic rings. The van der Waals surface area contributed by atoms with Gasteiger partial charge in [0.25, 0.3) is 0 Å². The van der Waals surface area contributed by atoms with Crippen molar-refractivity contribution in [2.75, 3.05) is 11.9 Å². The second-order valence-corrected chi connectivity index (χ2v) is 5.62. The lowest BCUT2D eigenvalue weighted by Crippen LogP contribution is -2.21. The predicted octanol–water partition coefficient (Wildman–Crippen LogP) is 2.22. The Hall–Kier alpha value is -1.14. The van der Waals surface area contributed by atoms with Gasteiger partial charge in [0.15, 0.2) is 5.13 Å². The zero-order chi connectivity index (χ0) is 13.0. The molecule has 1 saturated carbocycles. The minimum Gasteiger partial charge on any atom is -0.480 e. The van der Waals surface area contributed by atoms with E-state index >= 15 is 0 Å². The minimum absolute atomic E-state index is 0.427. The van der Waals surface area contributed by atoms with E-state index in [0.717, 1.165) is 17.6 Å². The Morgan fingerprint density at radius 2 is 2.33 bits per heavy atom. The standard InChI is InChI=1S/C12H19N3O2S/c13-10(11(16)17)9-7-18-12(15-9)14-6-5-8-3-1-2-4-8/h7-8,10H,1-6,13H2,(H,14,15)(H,16,17). The Morgan fingerprint density at radius 3 is 3.00 bits per heavy atom. The average molecular weight is 269 g/mol. The molecule has 1 aromatic heterocycles. The van der Waals surface area contributed by atoms with Crippen molar-refractivity contribution in [3.8, 4) is 0 Å². The maximum Gasteiger partial charge on any atom is 0.326 e. The van der Waals surface area contributed by atoms with E-state index in [0.29, 0.717) is 5.69 Å². The molecule has 4 N–H and O–H groups in total. The first-order chi connectivity index (χ1) is 8.66. The van der Waals surface area contributed by atoms with E-state index in [-0.39, 0.29) is 0 Å². The van der Waals surface area contributed by atoms with Crippen LogP contribution in [0.15, 0.2) is 5.38 Å². The fourth-order valence-electron chi connectivity index (χ4n) is 2.32. The van der Waals surface area contributed by atoms with Crippen LogP contribution < -0.4 is 11.1 Å². The molecule has 1 unspecified atom stereocenters. The molecule has 100 valence electrons. The fourth-order valence-corrected chi connectivity index (χ4v) is 3.09. The maximum absolute atomic E-state index is 10.7. The molecule has 1 aliphatic carbocycles. The van der Waals surface area contributed by atoms with Gasteiger partial charge in [0.1, 0.15) is 6.04 Å². The van der Waals surface area contributed by atoms with Gasteiger partial charge in [-0.3, -0.25) is 4.79 Å². The van der Waals surface area contributed by atoms with Crippen molar-refractivity contribution in [1.29, 1.82) is 0 Å². The van der Waals surface area contributed by atoms with Gasteiger partial charge in [0.2, 0.25) is 0 Å². The molecule has 0 amide bonds. The highest BCUT2D eigenvalue weighted by Crippen LogP contribution is 2.27. The summed E-state index contributed by atoms with van der Waals surface area (Å²) in [5, 5.41) is 14.5. The lowest BCUT2D eigenvalue weighted by molar-refractivity contribution is -0.138. The third-order valence-corrected chi connectivity index (χ3v) is 4.23. The van der Waals surface area contributed by atoms with Crippen molar-refractivity contribution in [3.63, 3.8) is 0 Å². The van der Waals surface area contributed by atoms with Crippen LogP contribution in [0.5, 0.6) is 0 Å². The molecule has 1 aromatic rings. The number of carboxylic acid groups (broad SMARTS) is 1. The first kappa shape index (κ1) is 13.3. The summed E-state index contributed by atoms with van der Waals surface area (Å²) in [6.45, 7) is 0.903. The van der Waals surface area contributed by atoms with Crippen LogP contribution in [-0.2, 0) is 4.79 Å². The summed E-state index contributed by atoms with van der Waals surface area (Å²) >= 11 is 1.41. The van der Waals surface area contributed by atoms with Crippen LogP contribution in [0.1, 0.15) is 43.8 Å². The summed E-state index contributed by atoms with van der Waals surface area (Å²) in [4.78, 5) is 14.9. The molecular weight excluding hydrogens is 250 g/mol. The Bertz CT molecular complexity index is 402. The number of hydrogen-bond donors (Lipinski definition) is 3. The molecule has 0 bridgehead atoms. The van der Waals surface area contributed by atoms with Gasteiger partial charge in [0.05, 0.1) is 5.69 Å². The van der Waals surface area contributed by atoms with Crippen LogP contribution in [0.25, 0.3) is 0 Å². The highest BCUT2D eigenvalue weighted by Gasteiger charge is 2.18. The number of rotatable bonds is 6. The van der Waals surface area contributed by atoms with Gasteiger partial charge in [-0.05, 0) is 12.3 Å². The van der Waals surface area contributed by atoms with Gasteiger partial charge in [0, 0.05) is 11.9 Å². The van der Waals surface area contributed by atoms with Gasteiger partial charge in [-0.25, -0.2) is 4.98 Å². The summed E-state index contributed by atoms with van der Waals surface area (Å²) < 4.78 is 0. The summed E-state index contributed by atoms with van der Waals surface area (Å²) in [5.41, 5.74) is 5.92. The van der Waals surface area contributed by atoms with Gasteiger partial charge in [-0.1, -0.05) is 25.7 Å². The Morgan fingerprint density at radius 1 is 1.61 bits per heavy atom. The second-order valence-electron chi connectivity index (χ2n) is 4.76. The normalized spacial score (nSPS) is 17.8. The second kappa shape index (κ2) is 6.15. The Labute approximate surface area is 110 Å². The van der Waals surface area contributed by atoms with Crippen molar-refractivity contribution in [1.82, 2.24) is 4.98 Å². The molecule has 1 atom stereocenters. The fraction of sp³-hybridized carbons (Fsp3) is 0.667. The number of hydrogen-bond acceptors (Lipinski definition) is 5. The lowest BCUT2D eigenvalue weighted by Gasteiger charge is -2.08. The van der Waals surface area contributed by atoms with Crippen LogP contribution in [-0.4, -0.2) is 22.6 Å². The largest absolute Gasteiger partial charge is 0.480 e. The third-order valence-electron chi connectivity index (χ3n) is 3.41. The number of aliphatic carboxylic acids is 1. The van der Waals surface area contributed by atoms with E-state index in [1.54, 1.807) is 5.38 Å². The van der Waals surface area contributed by atoms with Crippen molar-refractivity contribution in [3.05, 3.63) is 11.1 Å². The van der Waals surface area contributed by atoms with Gasteiger partial charge < -0.3 is 16.2 Å². The molecular formula is C12H19N3O2S. The van der Waals surface area contributed by atoms with Gasteiger partial charge in [-0.15, -0.1) is 11.3 Å². The monoisotopic (exact) mass is 269 g/mol. The average Bonchev–Trinajstić information content (AvgIpc) is 2.99. The SMILES string of the molecule is NC(C(=O)O)c1csc(NCCC2CCCC2)n1. The summed E-state index contributed by atoms with van der Waals surface area (Å²) in [7, 11) is 0. The van der Waals surface area contributed by atoms with E-state index in [4.69, 9.17) is 10.8 Å². The third kappa shape index (κ3) is 3.43. The highest BCUT2D eigenvalue weighted by atomic mass is 32.1. The quantitative estimate of drug-likeness (QED) is 0.737. The van der Waals surface area contributed by atoms with E-state index < -0.39 is 12.0 Å². The van der Waals surface area contributed by atoms with E-state index in [1.807, 2.05) is 0 Å². The number of nitrogens with one attached hydrogen (secondary N) is 1. The zero-order valence-electron chi connectivity index (χ0n) is 10.3. The number of carbonyl (C=O) groups is 1. The lowest BCUT2D eigenvalue weighted by atomic mass is 10.0. The van der Waals surface area contributed by atoms with E-state index in [9.17, 15) is 4.79 Å². The van der Waals surface area contributed by atoms with Crippen molar-refractivity contribution in [2.45, 2.75) is 38.1 Å². The molecule has 5 nitrogen and oxygen atoms in total. The summed E-state index contributed by atoms with van der Waals surface area (Å²) in [5.74, 6) is -0.198. The van der Waals surface area contributed by atoms with Crippen LogP contribution in [0, 0.1) is 5.92 Å². The highest BCUT2D eigenvalue weighted by molar-refractivity contribution is 7.13. The van der Waals surface area contributed by atoms with E-state index in [1.165, 1.54) is 43.4 Å². The van der Waals surface area contributed by atoms with Gasteiger partial charge in [-0.2, -0.15) is 0 Å². The van der Waals surface area contributed by atoms with Crippen molar-refractivity contribution < 1.29 is 9.90 Å². The van der Waals surface area contributed by atoms with E-state index in [2.05, 4.69) is 10.3 Å². The van der Waals surface area contributed by atoms with Crippen LogP contribution in [0.2, 0.25) is 0 Å². The number of thiazole rings is 1. The Kier molecular flexibility index (Phi) is 4.54. The number of nitrogens with two attached hydrogens (primary N) is 1.